The summed E-state index contributed by atoms with van der Waals surface area (Å²) in [5.41, 5.74) is 3.07. The van der Waals surface area contributed by atoms with Crippen LogP contribution in [0.25, 0.3) is 22.4 Å². The number of aromatic nitrogens is 2. The zero-order chi connectivity index (χ0) is 21.8. The predicted molar refractivity (Wildman–Crippen MR) is 111 cm³/mol. The first-order chi connectivity index (χ1) is 14.9. The highest BCUT2D eigenvalue weighted by Gasteiger charge is 2.31. The van der Waals surface area contributed by atoms with Crippen LogP contribution in [0.15, 0.2) is 97.5 Å². The molecule has 1 heterocycles. The van der Waals surface area contributed by atoms with Crippen LogP contribution in [-0.2, 0) is 12.7 Å². The van der Waals surface area contributed by atoms with E-state index in [2.05, 4.69) is 4.98 Å². The van der Waals surface area contributed by atoms with Gasteiger partial charge in [0.15, 0.2) is 12.2 Å². The maximum atomic E-state index is 12.9. The van der Waals surface area contributed by atoms with Gasteiger partial charge in [0.2, 0.25) is 5.78 Å². The van der Waals surface area contributed by atoms with E-state index >= 15 is 0 Å². The van der Waals surface area contributed by atoms with Gasteiger partial charge in [-0.25, -0.2) is 4.57 Å². The van der Waals surface area contributed by atoms with E-state index in [1.54, 1.807) is 16.8 Å². The maximum absolute atomic E-state index is 12.9. The average Bonchev–Trinajstić information content (AvgIpc) is 2.80. The monoisotopic (exact) mass is 419 g/mol. The molecule has 4 aromatic rings. The summed E-state index contributed by atoms with van der Waals surface area (Å²) >= 11 is 0. The molecule has 0 aliphatic rings. The van der Waals surface area contributed by atoms with Crippen LogP contribution < -0.4 is 4.57 Å². The van der Waals surface area contributed by atoms with Crippen LogP contribution >= 0.6 is 0 Å². The topological polar surface area (TPSA) is 33.8 Å². The van der Waals surface area contributed by atoms with Gasteiger partial charge in [-0.05, 0) is 40.4 Å². The molecule has 0 saturated carbocycles. The molecule has 0 bridgehead atoms. The van der Waals surface area contributed by atoms with E-state index in [0.717, 1.165) is 34.5 Å². The van der Waals surface area contributed by atoms with Gasteiger partial charge in [-0.1, -0.05) is 54.6 Å². The Balaban J connectivity index is 1.47. The lowest BCUT2D eigenvalue weighted by atomic mass is 10.0. The van der Waals surface area contributed by atoms with E-state index in [1.165, 1.54) is 18.5 Å². The van der Waals surface area contributed by atoms with Crippen molar-refractivity contribution >= 4 is 5.78 Å². The SMILES string of the molecule is O=C(C[n+]1ccc(-c2ccc(-c3ccccc3)cc2)nc1)c1cccc(C(F)(F)F)c1. The Hall–Kier alpha value is -3.80. The molecule has 154 valence electrons. The fraction of sp³-hybridized carbons (Fsp3) is 0.0800. The molecule has 0 aliphatic carbocycles. The number of nitrogens with zero attached hydrogens (tertiary/aromatic N) is 2. The number of ketones is 1. The number of carbonyl (C=O) groups is 1. The number of halogens is 3. The van der Waals surface area contributed by atoms with Crippen molar-refractivity contribution in [3.05, 3.63) is 109 Å². The summed E-state index contributed by atoms with van der Waals surface area (Å²) in [7, 11) is 0. The van der Waals surface area contributed by atoms with Gasteiger partial charge in [-0.2, -0.15) is 13.2 Å². The van der Waals surface area contributed by atoms with E-state index in [-0.39, 0.29) is 12.1 Å². The van der Waals surface area contributed by atoms with Crippen LogP contribution in [0.4, 0.5) is 13.2 Å². The lowest BCUT2D eigenvalue weighted by molar-refractivity contribution is -0.686. The largest absolute Gasteiger partial charge is 0.416 e. The molecule has 0 amide bonds. The minimum absolute atomic E-state index is 0.0166. The first kappa shape index (κ1) is 20.5. The van der Waals surface area contributed by atoms with Crippen molar-refractivity contribution in [3.8, 4) is 22.4 Å². The highest BCUT2D eigenvalue weighted by atomic mass is 19.4. The van der Waals surface area contributed by atoms with E-state index in [9.17, 15) is 18.0 Å². The molecule has 3 aromatic carbocycles. The molecular weight excluding hydrogens is 401 g/mol. The summed E-state index contributed by atoms with van der Waals surface area (Å²) in [5.74, 6) is -0.419. The molecule has 0 unspecified atom stereocenters. The number of carbonyl (C=O) groups excluding carboxylic acids is 1. The molecule has 3 nitrogen and oxygen atoms in total. The van der Waals surface area contributed by atoms with Gasteiger partial charge >= 0.3 is 6.18 Å². The van der Waals surface area contributed by atoms with Crippen molar-refractivity contribution in [3.63, 3.8) is 0 Å². The van der Waals surface area contributed by atoms with E-state index < -0.39 is 17.5 Å². The normalized spacial score (nSPS) is 11.3. The van der Waals surface area contributed by atoms with Gasteiger partial charge in [-0.15, -0.1) is 0 Å². The molecule has 0 fully saturated rings. The Kier molecular flexibility index (Phi) is 5.62. The van der Waals surface area contributed by atoms with E-state index in [4.69, 9.17) is 0 Å². The maximum Gasteiger partial charge on any atom is 0.416 e. The number of hydrogen-bond donors (Lipinski definition) is 0. The summed E-state index contributed by atoms with van der Waals surface area (Å²) in [6, 6.07) is 24.2. The zero-order valence-electron chi connectivity index (χ0n) is 16.4. The zero-order valence-corrected chi connectivity index (χ0v) is 16.4. The van der Waals surface area contributed by atoms with Gasteiger partial charge in [0.1, 0.15) is 0 Å². The molecule has 0 N–H and O–H groups in total. The van der Waals surface area contributed by atoms with Crippen LogP contribution in [0.3, 0.4) is 0 Å². The first-order valence-electron chi connectivity index (χ1n) is 9.61. The molecule has 31 heavy (non-hydrogen) atoms. The summed E-state index contributed by atoms with van der Waals surface area (Å²) < 4.78 is 40.1. The Bertz CT molecular complexity index is 1190. The minimum Gasteiger partial charge on any atom is -0.290 e. The second-order valence-corrected chi connectivity index (χ2v) is 7.06. The number of alkyl halides is 3. The smallest absolute Gasteiger partial charge is 0.290 e. The molecule has 0 saturated heterocycles. The van der Waals surface area contributed by atoms with Crippen LogP contribution in [0, 0.1) is 0 Å². The van der Waals surface area contributed by atoms with Crippen molar-refractivity contribution in [2.45, 2.75) is 12.7 Å². The summed E-state index contributed by atoms with van der Waals surface area (Å²) in [5, 5.41) is 0. The van der Waals surface area contributed by atoms with Crippen molar-refractivity contribution < 1.29 is 22.5 Å². The fourth-order valence-corrected chi connectivity index (χ4v) is 3.24. The third-order valence-electron chi connectivity index (χ3n) is 4.89. The summed E-state index contributed by atoms with van der Waals surface area (Å²) in [4.78, 5) is 16.8. The van der Waals surface area contributed by atoms with Gasteiger partial charge < -0.3 is 0 Å². The Morgan fingerprint density at radius 1 is 0.806 bits per heavy atom. The van der Waals surface area contributed by atoms with Crippen LogP contribution in [0.2, 0.25) is 0 Å². The second kappa shape index (κ2) is 8.52. The molecule has 0 spiro atoms. The number of rotatable bonds is 5. The van der Waals surface area contributed by atoms with Crippen LogP contribution in [0.5, 0.6) is 0 Å². The highest BCUT2D eigenvalue weighted by molar-refractivity contribution is 5.95. The molecule has 1 aromatic heterocycles. The van der Waals surface area contributed by atoms with Crippen molar-refractivity contribution in [1.29, 1.82) is 0 Å². The number of benzene rings is 3. The number of Topliss-reactive ketones (excluding diaryl/α,β-unsaturated/α-hetero) is 1. The minimum atomic E-state index is -4.48. The van der Waals surface area contributed by atoms with Gasteiger partial charge in [0.05, 0.1) is 11.8 Å². The van der Waals surface area contributed by atoms with Crippen LogP contribution in [-0.4, -0.2) is 10.8 Å². The molecular formula is C25H18F3N2O+. The van der Waals surface area contributed by atoms with E-state index in [1.807, 2.05) is 54.6 Å². The molecule has 0 radical (unpaired) electrons. The molecule has 0 atom stereocenters. The fourth-order valence-electron chi connectivity index (χ4n) is 3.24. The summed E-state index contributed by atoms with van der Waals surface area (Å²) in [6.45, 7) is -0.0957. The van der Waals surface area contributed by atoms with Crippen molar-refractivity contribution in [2.75, 3.05) is 0 Å². The lowest BCUT2D eigenvalue weighted by Crippen LogP contribution is -2.37. The van der Waals surface area contributed by atoms with Crippen molar-refractivity contribution in [1.82, 2.24) is 4.98 Å². The summed E-state index contributed by atoms with van der Waals surface area (Å²) in [6.07, 6.45) is -1.28. The molecule has 6 heteroatoms. The number of hydrogen-bond acceptors (Lipinski definition) is 2. The van der Waals surface area contributed by atoms with Crippen molar-refractivity contribution in [2.24, 2.45) is 0 Å². The Labute approximate surface area is 177 Å². The lowest BCUT2D eigenvalue weighted by Gasteiger charge is -2.07. The second-order valence-electron chi connectivity index (χ2n) is 7.06. The third-order valence-corrected chi connectivity index (χ3v) is 4.89. The predicted octanol–water partition coefficient (Wildman–Crippen LogP) is 5.60. The van der Waals surface area contributed by atoms with Gasteiger partial charge in [0.25, 0.3) is 6.33 Å². The van der Waals surface area contributed by atoms with Crippen LogP contribution in [0.1, 0.15) is 15.9 Å². The Morgan fingerprint density at radius 2 is 1.48 bits per heavy atom. The first-order valence-corrected chi connectivity index (χ1v) is 9.61. The Morgan fingerprint density at radius 3 is 2.13 bits per heavy atom. The van der Waals surface area contributed by atoms with Gasteiger partial charge in [-0.3, -0.25) is 4.79 Å². The molecule has 4 rings (SSSR count). The molecule has 0 aliphatic heterocycles. The quantitative estimate of drug-likeness (QED) is 0.311. The third kappa shape index (κ3) is 4.86. The average molecular weight is 419 g/mol. The van der Waals surface area contributed by atoms with Gasteiger partial charge in [0, 0.05) is 17.2 Å². The van der Waals surface area contributed by atoms with E-state index in [0.29, 0.717) is 0 Å². The highest BCUT2D eigenvalue weighted by Crippen LogP contribution is 2.29. The standard InChI is InChI=1S/C25H18F3N2O/c26-25(27,28)22-8-4-7-21(15-22)24(31)16-30-14-13-23(29-17-30)20-11-9-19(10-12-20)18-5-2-1-3-6-18/h1-15,17H,16H2/q+1.